The molecule has 73 heavy (non-hydrogen) atoms. The largest absolute Gasteiger partial charge is 0.296 e. The molecular weight excluding hydrogens is 1000 g/mol. The summed E-state index contributed by atoms with van der Waals surface area (Å²) in [6.07, 6.45) is 9.63. The number of hydrogen-bond donors (Lipinski definition) is 0. The molecule has 6 rings (SSSR count). The summed E-state index contributed by atoms with van der Waals surface area (Å²) in [7, 11) is -15.4. The van der Waals surface area contributed by atoms with Crippen LogP contribution in [-0.4, -0.2) is 60.0 Å². The van der Waals surface area contributed by atoms with Crippen molar-refractivity contribution in [2.75, 3.05) is 34.9 Å². The first kappa shape index (κ1) is 56.9. The maximum Gasteiger partial charge on any atom is 0.296 e. The highest BCUT2D eigenvalue weighted by molar-refractivity contribution is 7.93. The minimum atomic E-state index is -3.88. The van der Waals surface area contributed by atoms with E-state index < -0.39 is 40.3 Å². The first-order chi connectivity index (χ1) is 34.8. The molecule has 0 heterocycles. The Balaban J connectivity index is 1.02. The number of nitrogens with zero attached hydrogens (tertiary/aromatic N) is 2. The van der Waals surface area contributed by atoms with Crippen molar-refractivity contribution in [3.63, 3.8) is 0 Å². The molecule has 0 aliphatic carbocycles. The highest BCUT2D eigenvalue weighted by Crippen LogP contribution is 2.29. The van der Waals surface area contributed by atoms with Crippen LogP contribution in [0, 0.1) is 27.7 Å². The van der Waals surface area contributed by atoms with Crippen LogP contribution in [0.3, 0.4) is 0 Å². The molecule has 0 saturated carbocycles. The van der Waals surface area contributed by atoms with Gasteiger partial charge in [-0.3, -0.25) is 17.0 Å². The number of sulfonamides is 2. The fraction of sp³-hybridized carbons (Fsp3) is 0.368. The molecule has 0 fully saturated rings. The Morgan fingerprint density at radius 2 is 0.575 bits per heavy atom. The Labute approximate surface area is 435 Å². The van der Waals surface area contributed by atoms with Gasteiger partial charge in [0.15, 0.2) is 0 Å². The van der Waals surface area contributed by atoms with Crippen molar-refractivity contribution in [3.8, 4) is 0 Å². The first-order valence-corrected chi connectivity index (χ1v) is 30.8. The number of rotatable bonds is 30. The predicted octanol–water partition coefficient (Wildman–Crippen LogP) is 12.4. The van der Waals surface area contributed by atoms with E-state index in [1.54, 1.807) is 97.1 Å². The average Bonchev–Trinajstić information content (AvgIpc) is 3.36. The Hall–Kier alpha value is -5.36. The van der Waals surface area contributed by atoms with E-state index in [0.717, 1.165) is 84.7 Å². The van der Waals surface area contributed by atoms with E-state index in [4.69, 9.17) is 8.37 Å². The lowest BCUT2D eigenvalue weighted by Crippen LogP contribution is -2.32. The Morgan fingerprint density at radius 1 is 0.315 bits per heavy atom. The summed E-state index contributed by atoms with van der Waals surface area (Å²) >= 11 is 0. The molecule has 0 unspecified atom stereocenters. The molecule has 392 valence electrons. The summed E-state index contributed by atoms with van der Waals surface area (Å²) < 4.78 is 120. The summed E-state index contributed by atoms with van der Waals surface area (Å²) in [6, 6.07) is 41.9. The highest BCUT2D eigenvalue weighted by atomic mass is 32.2. The number of benzene rings is 6. The topological polar surface area (TPSA) is 161 Å². The van der Waals surface area contributed by atoms with E-state index in [9.17, 15) is 33.7 Å². The second-order valence-electron chi connectivity index (χ2n) is 18.7. The number of hydrogen-bond acceptors (Lipinski definition) is 10. The Bertz CT molecular complexity index is 2900. The lowest BCUT2D eigenvalue weighted by atomic mass is 10.0. The van der Waals surface area contributed by atoms with Crippen LogP contribution in [0.1, 0.15) is 110 Å². The van der Waals surface area contributed by atoms with Crippen molar-refractivity contribution in [1.82, 2.24) is 0 Å². The van der Waals surface area contributed by atoms with Crippen LogP contribution in [0.15, 0.2) is 165 Å². The van der Waals surface area contributed by atoms with Gasteiger partial charge in [-0.15, -0.1) is 0 Å². The smallest absolute Gasteiger partial charge is 0.266 e. The van der Waals surface area contributed by atoms with Gasteiger partial charge in [0, 0.05) is 13.1 Å². The molecule has 6 aromatic rings. The van der Waals surface area contributed by atoms with E-state index >= 15 is 0 Å². The summed E-state index contributed by atoms with van der Waals surface area (Å²) in [6.45, 7) is 8.40. The van der Waals surface area contributed by atoms with Crippen molar-refractivity contribution in [3.05, 3.63) is 179 Å². The summed E-state index contributed by atoms with van der Waals surface area (Å²) in [5, 5.41) is 0. The van der Waals surface area contributed by atoms with E-state index in [0.29, 0.717) is 43.5 Å². The van der Waals surface area contributed by atoms with Gasteiger partial charge in [-0.25, -0.2) is 16.8 Å². The van der Waals surface area contributed by atoms with Crippen molar-refractivity contribution in [1.29, 1.82) is 0 Å². The molecule has 0 amide bonds. The van der Waals surface area contributed by atoms with E-state index in [1.165, 1.54) is 8.61 Å². The lowest BCUT2D eigenvalue weighted by Gasteiger charge is -2.25. The number of unbranched alkanes of at least 4 members (excludes halogenated alkanes) is 10. The zero-order chi connectivity index (χ0) is 52.5. The van der Waals surface area contributed by atoms with Crippen LogP contribution in [0.25, 0.3) is 0 Å². The molecular formula is C57H70N2O10S4. The SMILES string of the molecule is Cc1ccc(S(=O)(=O)OCCCCCCCCN(c2ccc(Cc3ccc(N(CCCCCCCCOS(=O)(=O)c4ccc(C)cc4)S(=O)(=O)c4ccc(C)cc4)cc3)cc2)S(=O)(=O)c2ccc(C)cc2)cc1. The highest BCUT2D eigenvalue weighted by Gasteiger charge is 2.26. The van der Waals surface area contributed by atoms with Crippen LogP contribution in [0.2, 0.25) is 0 Å². The van der Waals surface area contributed by atoms with Gasteiger partial charge < -0.3 is 0 Å². The molecule has 12 nitrogen and oxygen atoms in total. The van der Waals surface area contributed by atoms with Crippen molar-refractivity contribution in [2.45, 2.75) is 131 Å². The maximum absolute atomic E-state index is 14.1. The van der Waals surface area contributed by atoms with Gasteiger partial charge in [-0.2, -0.15) is 16.8 Å². The molecule has 0 aliphatic heterocycles. The minimum Gasteiger partial charge on any atom is -0.266 e. The number of anilines is 2. The molecule has 0 saturated heterocycles. The van der Waals surface area contributed by atoms with E-state index in [-0.39, 0.29) is 45.9 Å². The lowest BCUT2D eigenvalue weighted by molar-refractivity contribution is 0.305. The normalized spacial score (nSPS) is 12.2. The van der Waals surface area contributed by atoms with Crippen molar-refractivity contribution >= 4 is 51.7 Å². The van der Waals surface area contributed by atoms with E-state index in [2.05, 4.69) is 0 Å². The summed E-state index contributed by atoms with van der Waals surface area (Å²) in [5.74, 6) is 0. The monoisotopic (exact) mass is 1070 g/mol. The fourth-order valence-corrected chi connectivity index (χ4v) is 13.2. The standard InChI is InChI=1S/C57H70N2O10S4/c1-46-17-33-54(34-18-46)70(60,61)58(41-13-9-5-7-11-15-43-68-72(64,65)56-37-21-48(3)22-38-56)52-29-25-50(26-30-52)45-51-27-31-53(32-28-51)59(71(62,63)55-35-19-47(2)20-36-55)42-14-10-6-8-12-16-44-69-73(66,67)57-39-23-49(4)24-40-57/h17-40H,5-16,41-45H2,1-4H3. The molecule has 0 spiro atoms. The fourth-order valence-electron chi connectivity index (χ4n) is 8.26. The predicted molar refractivity (Wildman–Crippen MR) is 291 cm³/mol. The van der Waals surface area contributed by atoms with Crippen LogP contribution in [0.5, 0.6) is 0 Å². The third-order valence-corrected chi connectivity index (χ3v) is 19.0. The average molecular weight is 1070 g/mol. The molecule has 0 aliphatic rings. The maximum atomic E-state index is 14.1. The zero-order valence-electron chi connectivity index (χ0n) is 42.5. The molecule has 0 radical (unpaired) electrons. The molecule has 0 bridgehead atoms. The zero-order valence-corrected chi connectivity index (χ0v) is 45.8. The molecule has 6 aromatic carbocycles. The van der Waals surface area contributed by atoms with Gasteiger partial charge in [0.1, 0.15) is 0 Å². The van der Waals surface area contributed by atoms with Crippen molar-refractivity contribution < 1.29 is 42.0 Å². The molecule has 0 atom stereocenters. The third kappa shape index (κ3) is 16.8. The summed E-state index contributed by atoms with van der Waals surface area (Å²) in [4.78, 5) is 0.723. The van der Waals surface area contributed by atoms with Crippen LogP contribution >= 0.6 is 0 Å². The van der Waals surface area contributed by atoms with Gasteiger partial charge in [0.25, 0.3) is 40.3 Å². The molecule has 16 heteroatoms. The van der Waals surface area contributed by atoms with Gasteiger partial charge in [-0.05, 0) is 144 Å². The molecule has 0 N–H and O–H groups in total. The quantitative estimate of drug-likeness (QED) is 0.0313. The summed E-state index contributed by atoms with van der Waals surface area (Å²) in [5.41, 5.74) is 6.89. The van der Waals surface area contributed by atoms with Gasteiger partial charge in [0.05, 0.1) is 44.2 Å². The van der Waals surface area contributed by atoms with Gasteiger partial charge in [0.2, 0.25) is 0 Å². The molecule has 0 aromatic heterocycles. The first-order valence-electron chi connectivity index (χ1n) is 25.1. The van der Waals surface area contributed by atoms with E-state index in [1.807, 2.05) is 76.2 Å². The third-order valence-electron chi connectivity index (χ3n) is 12.7. The second kappa shape index (κ2) is 26.7. The second-order valence-corrected chi connectivity index (χ2v) is 25.7. The Morgan fingerprint density at radius 3 is 0.877 bits per heavy atom. The number of aryl methyl sites for hydroxylation is 4. The van der Waals surface area contributed by atoms with Crippen LogP contribution in [-0.2, 0) is 55.1 Å². The van der Waals surface area contributed by atoms with Gasteiger partial charge >= 0.3 is 0 Å². The van der Waals surface area contributed by atoms with Crippen LogP contribution in [0.4, 0.5) is 11.4 Å². The van der Waals surface area contributed by atoms with Gasteiger partial charge in [-0.1, -0.05) is 146 Å². The minimum absolute atomic E-state index is 0.106. The van der Waals surface area contributed by atoms with Crippen LogP contribution < -0.4 is 8.61 Å². The Kier molecular flexibility index (Phi) is 20.8. The van der Waals surface area contributed by atoms with Crippen molar-refractivity contribution in [2.24, 2.45) is 0 Å².